The van der Waals surface area contributed by atoms with E-state index >= 15 is 0 Å². The Balaban J connectivity index is 2.79. The van der Waals surface area contributed by atoms with Gasteiger partial charge in [-0.05, 0) is 33.3 Å². The monoisotopic (exact) mass is 237 g/mol. The molecule has 0 amide bonds. The van der Waals surface area contributed by atoms with Crippen molar-refractivity contribution in [2.24, 2.45) is 0 Å². The van der Waals surface area contributed by atoms with Crippen LogP contribution in [0.15, 0.2) is 18.2 Å². The molecule has 2 N–H and O–H groups in total. The second kappa shape index (κ2) is 6.62. The molecule has 0 radical (unpaired) electrons. The molecule has 2 unspecified atom stereocenters. The smallest absolute Gasteiger partial charge is 0.123 e. The molecule has 0 saturated carbocycles. The molecular weight excluding hydrogens is 214 g/mol. The number of nitrogens with one attached hydrogen (secondary N) is 1. The number of aliphatic hydroxyl groups is 1. The average Bonchev–Trinajstić information content (AvgIpc) is 2.29. The number of aryl methyl sites for hydroxylation is 1. The minimum atomic E-state index is 0.214. The quantitative estimate of drug-likeness (QED) is 0.798. The molecule has 0 spiro atoms. The maximum atomic E-state index is 8.90. The van der Waals surface area contributed by atoms with Crippen LogP contribution in [0.25, 0.3) is 0 Å². The molecule has 1 aromatic carbocycles. The van der Waals surface area contributed by atoms with Gasteiger partial charge in [-0.2, -0.15) is 0 Å². The Morgan fingerprint density at radius 1 is 1.35 bits per heavy atom. The number of hydrogen-bond acceptors (Lipinski definition) is 3. The van der Waals surface area contributed by atoms with Gasteiger partial charge in [0.25, 0.3) is 0 Å². The highest BCUT2D eigenvalue weighted by atomic mass is 16.5. The van der Waals surface area contributed by atoms with Crippen molar-refractivity contribution in [1.82, 2.24) is 5.32 Å². The van der Waals surface area contributed by atoms with Crippen LogP contribution in [0.3, 0.4) is 0 Å². The summed E-state index contributed by atoms with van der Waals surface area (Å²) in [5, 5.41) is 12.4. The van der Waals surface area contributed by atoms with Gasteiger partial charge in [0.15, 0.2) is 0 Å². The van der Waals surface area contributed by atoms with Gasteiger partial charge in [-0.25, -0.2) is 0 Å². The molecule has 17 heavy (non-hydrogen) atoms. The van der Waals surface area contributed by atoms with Crippen molar-refractivity contribution in [2.45, 2.75) is 39.3 Å². The third kappa shape index (κ3) is 4.02. The van der Waals surface area contributed by atoms with Crippen LogP contribution in [-0.4, -0.2) is 24.9 Å². The van der Waals surface area contributed by atoms with E-state index in [1.165, 1.54) is 5.56 Å². The van der Waals surface area contributed by atoms with Gasteiger partial charge in [-0.3, -0.25) is 0 Å². The minimum absolute atomic E-state index is 0.214. The van der Waals surface area contributed by atoms with E-state index in [4.69, 9.17) is 9.84 Å². The van der Waals surface area contributed by atoms with Gasteiger partial charge in [-0.1, -0.05) is 17.7 Å². The largest absolute Gasteiger partial charge is 0.496 e. The molecule has 96 valence electrons. The number of hydrogen-bond donors (Lipinski definition) is 2. The van der Waals surface area contributed by atoms with Gasteiger partial charge in [-0.15, -0.1) is 0 Å². The predicted octanol–water partition coefficient (Wildman–Crippen LogP) is 2.43. The molecule has 0 aliphatic heterocycles. The Labute approximate surface area is 104 Å². The molecule has 0 aliphatic rings. The molecule has 3 nitrogen and oxygen atoms in total. The maximum Gasteiger partial charge on any atom is 0.123 e. The van der Waals surface area contributed by atoms with E-state index < -0.39 is 0 Å². The van der Waals surface area contributed by atoms with Crippen LogP contribution in [0.4, 0.5) is 0 Å². The Hall–Kier alpha value is -1.06. The Kier molecular flexibility index (Phi) is 5.45. The maximum absolute atomic E-state index is 8.90. The predicted molar refractivity (Wildman–Crippen MR) is 70.4 cm³/mol. The zero-order chi connectivity index (χ0) is 12.8. The lowest BCUT2D eigenvalue weighted by atomic mass is 10.0. The zero-order valence-corrected chi connectivity index (χ0v) is 11.2. The summed E-state index contributed by atoms with van der Waals surface area (Å²) in [6.45, 7) is 6.48. The normalized spacial score (nSPS) is 14.4. The van der Waals surface area contributed by atoms with Crippen LogP contribution >= 0.6 is 0 Å². The summed E-state index contributed by atoms with van der Waals surface area (Å²) in [7, 11) is 1.69. The third-order valence-corrected chi connectivity index (χ3v) is 2.95. The topological polar surface area (TPSA) is 41.5 Å². The molecule has 1 aromatic rings. The molecule has 1 rings (SSSR count). The number of benzene rings is 1. The summed E-state index contributed by atoms with van der Waals surface area (Å²) in [5.74, 6) is 0.909. The molecule has 0 saturated heterocycles. The first kappa shape index (κ1) is 14.0. The van der Waals surface area contributed by atoms with Crippen molar-refractivity contribution in [3.05, 3.63) is 29.3 Å². The van der Waals surface area contributed by atoms with E-state index in [2.05, 4.69) is 32.2 Å². The number of methoxy groups -OCH3 is 1. The van der Waals surface area contributed by atoms with Crippen molar-refractivity contribution in [2.75, 3.05) is 13.7 Å². The van der Waals surface area contributed by atoms with Crippen LogP contribution in [-0.2, 0) is 0 Å². The Morgan fingerprint density at radius 2 is 2.06 bits per heavy atom. The molecular formula is C14H23NO2. The van der Waals surface area contributed by atoms with Gasteiger partial charge in [0.2, 0.25) is 0 Å². The van der Waals surface area contributed by atoms with Crippen molar-refractivity contribution in [1.29, 1.82) is 0 Å². The Bertz CT molecular complexity index is 352. The summed E-state index contributed by atoms with van der Waals surface area (Å²) in [5.41, 5.74) is 2.39. The van der Waals surface area contributed by atoms with Gasteiger partial charge >= 0.3 is 0 Å². The highest BCUT2D eigenvalue weighted by Crippen LogP contribution is 2.26. The van der Waals surface area contributed by atoms with Gasteiger partial charge in [0, 0.05) is 24.3 Å². The summed E-state index contributed by atoms with van der Waals surface area (Å²) >= 11 is 0. The lowest BCUT2D eigenvalue weighted by Gasteiger charge is -2.22. The Morgan fingerprint density at radius 3 is 2.65 bits per heavy atom. The number of aliphatic hydroxyl groups excluding tert-OH is 1. The van der Waals surface area contributed by atoms with Crippen molar-refractivity contribution in [3.8, 4) is 5.75 Å². The molecule has 0 fully saturated rings. The second-order valence-corrected chi connectivity index (χ2v) is 4.55. The van der Waals surface area contributed by atoms with Crippen LogP contribution in [0, 0.1) is 6.92 Å². The van der Waals surface area contributed by atoms with E-state index in [1.54, 1.807) is 7.11 Å². The third-order valence-electron chi connectivity index (χ3n) is 2.95. The fourth-order valence-corrected chi connectivity index (χ4v) is 1.99. The summed E-state index contributed by atoms with van der Waals surface area (Å²) in [6.07, 6.45) is 0.762. The fourth-order valence-electron chi connectivity index (χ4n) is 1.99. The van der Waals surface area contributed by atoms with Crippen LogP contribution in [0.5, 0.6) is 5.75 Å². The van der Waals surface area contributed by atoms with E-state index in [0.717, 1.165) is 17.7 Å². The van der Waals surface area contributed by atoms with Crippen LogP contribution < -0.4 is 10.1 Å². The second-order valence-electron chi connectivity index (χ2n) is 4.55. The highest BCUT2D eigenvalue weighted by molar-refractivity contribution is 5.38. The van der Waals surface area contributed by atoms with Gasteiger partial charge < -0.3 is 15.2 Å². The van der Waals surface area contributed by atoms with E-state index in [-0.39, 0.29) is 12.6 Å². The van der Waals surface area contributed by atoms with Gasteiger partial charge in [0.05, 0.1) is 7.11 Å². The lowest BCUT2D eigenvalue weighted by Crippen LogP contribution is -2.30. The zero-order valence-electron chi connectivity index (χ0n) is 11.2. The fraction of sp³-hybridized carbons (Fsp3) is 0.571. The first-order valence-corrected chi connectivity index (χ1v) is 6.10. The van der Waals surface area contributed by atoms with Crippen molar-refractivity contribution >= 4 is 0 Å². The van der Waals surface area contributed by atoms with Gasteiger partial charge in [0.1, 0.15) is 5.75 Å². The van der Waals surface area contributed by atoms with Crippen molar-refractivity contribution in [3.63, 3.8) is 0 Å². The average molecular weight is 237 g/mol. The molecule has 2 atom stereocenters. The molecule has 0 aliphatic carbocycles. The van der Waals surface area contributed by atoms with E-state index in [0.29, 0.717) is 6.04 Å². The standard InChI is InChI=1S/C14H23NO2/c1-10-5-6-14(17-4)13(9-10)12(3)15-11(2)7-8-16/h5-6,9,11-12,15-16H,7-8H2,1-4H3. The minimum Gasteiger partial charge on any atom is -0.496 e. The molecule has 3 heteroatoms. The van der Waals surface area contributed by atoms with Crippen LogP contribution in [0.1, 0.15) is 37.4 Å². The molecule has 0 aromatic heterocycles. The summed E-state index contributed by atoms with van der Waals surface area (Å²) in [4.78, 5) is 0. The first-order chi connectivity index (χ1) is 8.08. The summed E-state index contributed by atoms with van der Waals surface area (Å²) in [6, 6.07) is 6.69. The SMILES string of the molecule is COc1ccc(C)cc1C(C)NC(C)CCO. The lowest BCUT2D eigenvalue weighted by molar-refractivity contribution is 0.264. The highest BCUT2D eigenvalue weighted by Gasteiger charge is 2.13. The molecule has 0 heterocycles. The number of ether oxygens (including phenoxy) is 1. The van der Waals surface area contributed by atoms with E-state index in [1.807, 2.05) is 12.1 Å². The number of rotatable bonds is 6. The van der Waals surface area contributed by atoms with Crippen LogP contribution in [0.2, 0.25) is 0 Å². The molecule has 0 bridgehead atoms. The van der Waals surface area contributed by atoms with Crippen molar-refractivity contribution < 1.29 is 9.84 Å². The summed E-state index contributed by atoms with van der Waals surface area (Å²) < 4.78 is 5.37. The van der Waals surface area contributed by atoms with E-state index in [9.17, 15) is 0 Å². The first-order valence-electron chi connectivity index (χ1n) is 6.10.